The maximum Gasteiger partial charge on any atom is 0.310 e. The van der Waals surface area contributed by atoms with Gasteiger partial charge in [-0.3, -0.25) is 4.79 Å². The summed E-state index contributed by atoms with van der Waals surface area (Å²) in [6, 6.07) is 10.1. The van der Waals surface area contributed by atoms with Crippen molar-refractivity contribution < 1.29 is 19.5 Å². The second kappa shape index (κ2) is 7.22. The van der Waals surface area contributed by atoms with Crippen molar-refractivity contribution in [2.75, 3.05) is 26.9 Å². The molecule has 0 aliphatic carbocycles. The highest BCUT2D eigenvalue weighted by atomic mass is 16.7. The summed E-state index contributed by atoms with van der Waals surface area (Å²) in [6.07, 6.45) is 0.677. The van der Waals surface area contributed by atoms with Crippen LogP contribution in [0.1, 0.15) is 31.9 Å². The van der Waals surface area contributed by atoms with Crippen molar-refractivity contribution in [1.82, 2.24) is 5.06 Å². The van der Waals surface area contributed by atoms with E-state index in [4.69, 9.17) is 9.57 Å². The van der Waals surface area contributed by atoms with Crippen LogP contribution in [-0.2, 0) is 14.4 Å². The predicted octanol–water partition coefficient (Wildman–Crippen LogP) is 2.17. The van der Waals surface area contributed by atoms with E-state index >= 15 is 0 Å². The lowest BCUT2D eigenvalue weighted by Crippen LogP contribution is -2.29. The van der Waals surface area contributed by atoms with Crippen molar-refractivity contribution in [2.24, 2.45) is 11.3 Å². The van der Waals surface area contributed by atoms with E-state index in [0.29, 0.717) is 13.0 Å². The number of nitrogens with zero attached hydrogens (tertiary/aromatic N) is 1. The van der Waals surface area contributed by atoms with Gasteiger partial charge in [0.2, 0.25) is 0 Å². The molecular weight excluding hydrogens is 282 g/mol. The standard InChI is InChI=1S/C17H25NO4/c1-17(2,11-19)12-22-16(20)14-9-15(18(10-14)21-3)13-7-5-4-6-8-13/h4-8,14-15,19H,9-12H2,1-3H3/t14-,15-/m0/s1. The average Bonchev–Trinajstić information content (AvgIpc) is 2.98. The van der Waals surface area contributed by atoms with Crippen molar-refractivity contribution in [2.45, 2.75) is 26.3 Å². The first kappa shape index (κ1) is 16.9. The summed E-state index contributed by atoms with van der Waals surface area (Å²) in [6.45, 7) is 4.46. The van der Waals surface area contributed by atoms with Crippen LogP contribution in [-0.4, -0.2) is 43.0 Å². The van der Waals surface area contributed by atoms with Gasteiger partial charge in [0, 0.05) is 12.0 Å². The summed E-state index contributed by atoms with van der Waals surface area (Å²) < 4.78 is 5.38. The summed E-state index contributed by atoms with van der Waals surface area (Å²) in [5, 5.41) is 11.1. The summed E-state index contributed by atoms with van der Waals surface area (Å²) in [4.78, 5) is 17.7. The van der Waals surface area contributed by atoms with Crippen LogP contribution in [0, 0.1) is 11.3 Å². The zero-order valence-corrected chi connectivity index (χ0v) is 13.5. The first-order chi connectivity index (χ1) is 10.5. The Kier molecular flexibility index (Phi) is 5.56. The fraction of sp³-hybridized carbons (Fsp3) is 0.588. The maximum absolute atomic E-state index is 12.3. The highest BCUT2D eigenvalue weighted by Gasteiger charge is 2.38. The van der Waals surface area contributed by atoms with E-state index in [-0.39, 0.29) is 31.1 Å². The first-order valence-corrected chi connectivity index (χ1v) is 7.60. The molecule has 1 heterocycles. The molecule has 0 aromatic heterocycles. The molecule has 0 spiro atoms. The molecular formula is C17H25NO4. The van der Waals surface area contributed by atoms with Gasteiger partial charge in [0.25, 0.3) is 0 Å². The number of aliphatic hydroxyl groups excluding tert-OH is 1. The largest absolute Gasteiger partial charge is 0.465 e. The fourth-order valence-corrected chi connectivity index (χ4v) is 2.59. The van der Waals surface area contributed by atoms with Crippen LogP contribution in [0.4, 0.5) is 0 Å². The lowest BCUT2D eigenvalue weighted by Gasteiger charge is -2.22. The quantitative estimate of drug-likeness (QED) is 0.816. The summed E-state index contributed by atoms with van der Waals surface area (Å²) in [5.74, 6) is -0.429. The smallest absolute Gasteiger partial charge is 0.310 e. The minimum Gasteiger partial charge on any atom is -0.465 e. The molecule has 1 aromatic rings. The third kappa shape index (κ3) is 4.06. The van der Waals surface area contributed by atoms with Gasteiger partial charge in [-0.2, -0.15) is 5.06 Å². The Bertz CT molecular complexity index is 489. The Labute approximate surface area is 131 Å². The van der Waals surface area contributed by atoms with Crippen molar-refractivity contribution in [3.8, 4) is 0 Å². The fourth-order valence-electron chi connectivity index (χ4n) is 2.59. The van der Waals surface area contributed by atoms with Crippen molar-refractivity contribution >= 4 is 5.97 Å². The Morgan fingerprint density at radius 3 is 2.64 bits per heavy atom. The SMILES string of the molecule is CON1C[C@@H](C(=O)OCC(C)(C)CO)C[C@H]1c1ccccc1. The van der Waals surface area contributed by atoms with E-state index in [1.165, 1.54) is 0 Å². The Hall–Kier alpha value is -1.43. The van der Waals surface area contributed by atoms with Crippen molar-refractivity contribution in [3.05, 3.63) is 35.9 Å². The highest BCUT2D eigenvalue weighted by molar-refractivity contribution is 5.73. The second-order valence-corrected chi connectivity index (χ2v) is 6.57. The lowest BCUT2D eigenvalue weighted by molar-refractivity contribution is -0.158. The van der Waals surface area contributed by atoms with Crippen LogP contribution in [0.2, 0.25) is 0 Å². The van der Waals surface area contributed by atoms with E-state index in [9.17, 15) is 9.90 Å². The van der Waals surface area contributed by atoms with E-state index in [1.54, 1.807) is 7.11 Å². The number of aliphatic hydroxyl groups is 1. The zero-order valence-electron chi connectivity index (χ0n) is 13.5. The third-order valence-electron chi connectivity index (χ3n) is 4.04. The van der Waals surface area contributed by atoms with Gasteiger partial charge < -0.3 is 14.7 Å². The lowest BCUT2D eigenvalue weighted by atomic mass is 9.96. The number of ether oxygens (including phenoxy) is 1. The van der Waals surface area contributed by atoms with Crippen LogP contribution in [0.5, 0.6) is 0 Å². The van der Waals surface area contributed by atoms with Crippen LogP contribution >= 0.6 is 0 Å². The van der Waals surface area contributed by atoms with Gasteiger partial charge in [-0.05, 0) is 12.0 Å². The monoisotopic (exact) mass is 307 g/mol. The first-order valence-electron chi connectivity index (χ1n) is 7.60. The van der Waals surface area contributed by atoms with Crippen molar-refractivity contribution in [1.29, 1.82) is 0 Å². The van der Waals surface area contributed by atoms with Gasteiger partial charge in [0.05, 0.1) is 32.3 Å². The number of benzene rings is 1. The molecule has 1 fully saturated rings. The predicted molar refractivity (Wildman–Crippen MR) is 82.8 cm³/mol. The second-order valence-electron chi connectivity index (χ2n) is 6.57. The molecule has 2 rings (SSSR count). The topological polar surface area (TPSA) is 59.0 Å². The number of esters is 1. The zero-order chi connectivity index (χ0) is 16.2. The summed E-state index contributed by atoms with van der Waals surface area (Å²) in [5.41, 5.74) is 0.726. The van der Waals surface area contributed by atoms with Gasteiger partial charge in [0.15, 0.2) is 0 Å². The molecule has 0 saturated carbocycles. The van der Waals surface area contributed by atoms with Gasteiger partial charge in [-0.25, -0.2) is 0 Å². The van der Waals surface area contributed by atoms with E-state index in [2.05, 4.69) is 0 Å². The van der Waals surface area contributed by atoms with Crippen LogP contribution in [0.15, 0.2) is 30.3 Å². The molecule has 5 nitrogen and oxygen atoms in total. The average molecular weight is 307 g/mol. The molecule has 1 aromatic carbocycles. The molecule has 5 heteroatoms. The maximum atomic E-state index is 12.3. The molecule has 0 radical (unpaired) electrons. The van der Waals surface area contributed by atoms with Crippen LogP contribution in [0.3, 0.4) is 0 Å². The third-order valence-corrected chi connectivity index (χ3v) is 4.04. The Morgan fingerprint density at radius 1 is 1.36 bits per heavy atom. The normalized spacial score (nSPS) is 22.7. The van der Waals surface area contributed by atoms with Gasteiger partial charge >= 0.3 is 5.97 Å². The number of rotatable bonds is 6. The molecule has 1 N–H and O–H groups in total. The van der Waals surface area contributed by atoms with Gasteiger partial charge in [0.1, 0.15) is 0 Å². The van der Waals surface area contributed by atoms with E-state index in [0.717, 1.165) is 5.56 Å². The Morgan fingerprint density at radius 2 is 2.05 bits per heavy atom. The molecule has 22 heavy (non-hydrogen) atoms. The van der Waals surface area contributed by atoms with Gasteiger partial charge in [-0.15, -0.1) is 0 Å². The molecule has 0 unspecified atom stereocenters. The molecule has 0 bridgehead atoms. The number of carbonyl (C=O) groups is 1. The minimum atomic E-state index is -0.409. The van der Waals surface area contributed by atoms with E-state index < -0.39 is 5.41 Å². The number of carbonyl (C=O) groups excluding carboxylic acids is 1. The molecule has 0 amide bonds. The van der Waals surface area contributed by atoms with Gasteiger partial charge in [-0.1, -0.05) is 44.2 Å². The van der Waals surface area contributed by atoms with Crippen LogP contribution < -0.4 is 0 Å². The summed E-state index contributed by atoms with van der Waals surface area (Å²) in [7, 11) is 1.62. The molecule has 2 atom stereocenters. The Balaban J connectivity index is 1.98. The van der Waals surface area contributed by atoms with Crippen LogP contribution in [0.25, 0.3) is 0 Å². The molecule has 1 aliphatic rings. The molecule has 1 aliphatic heterocycles. The number of hydrogen-bond acceptors (Lipinski definition) is 5. The minimum absolute atomic E-state index is 0.0121. The highest BCUT2D eigenvalue weighted by Crippen LogP contribution is 2.36. The molecule has 1 saturated heterocycles. The van der Waals surface area contributed by atoms with Crippen molar-refractivity contribution in [3.63, 3.8) is 0 Å². The molecule has 122 valence electrons. The number of hydrogen-bond donors (Lipinski definition) is 1. The summed E-state index contributed by atoms with van der Waals surface area (Å²) >= 11 is 0. The van der Waals surface area contributed by atoms with E-state index in [1.807, 2.05) is 49.2 Å². The number of hydroxylamine groups is 2.